The smallest absolute Gasteiger partial charge is 0.242 e. The highest BCUT2D eigenvalue weighted by molar-refractivity contribution is 6.36. The Balaban J connectivity index is 1.78. The summed E-state index contributed by atoms with van der Waals surface area (Å²) in [5.41, 5.74) is 0.550. The number of carbonyl (C=O) groups is 4. The lowest BCUT2D eigenvalue weighted by Crippen LogP contribution is -2.50. The maximum absolute atomic E-state index is 13.5. The van der Waals surface area contributed by atoms with Gasteiger partial charge >= 0.3 is 0 Å². The molecule has 7 nitrogen and oxygen atoms in total. The molecule has 1 N–H and O–H groups in total. The van der Waals surface area contributed by atoms with Crippen LogP contribution in [-0.4, -0.2) is 52.6 Å². The van der Waals surface area contributed by atoms with Gasteiger partial charge in [-0.3, -0.25) is 24.1 Å². The van der Waals surface area contributed by atoms with Gasteiger partial charge < -0.3 is 10.2 Å². The van der Waals surface area contributed by atoms with Crippen molar-refractivity contribution in [3.05, 3.63) is 46.0 Å². The normalized spacial score (nSPS) is 20.1. The van der Waals surface area contributed by atoms with Gasteiger partial charge in [0, 0.05) is 41.7 Å². The number of hydrogen-bond donors (Lipinski definition) is 1. The van der Waals surface area contributed by atoms with Crippen LogP contribution in [0.1, 0.15) is 57.9 Å². The Morgan fingerprint density at radius 2 is 1.69 bits per heavy atom. The number of imide groups is 1. The molecule has 9 heteroatoms. The van der Waals surface area contributed by atoms with Gasteiger partial charge in [-0.1, -0.05) is 61.7 Å². The molecule has 2 aliphatic rings. The van der Waals surface area contributed by atoms with Crippen molar-refractivity contribution in [1.29, 1.82) is 0 Å². The molecule has 1 heterocycles. The minimum Gasteiger partial charge on any atom is -0.354 e. The zero-order valence-corrected chi connectivity index (χ0v) is 21.8. The van der Waals surface area contributed by atoms with E-state index in [9.17, 15) is 19.2 Å². The van der Waals surface area contributed by atoms with Gasteiger partial charge in [-0.15, -0.1) is 0 Å². The molecular weight excluding hydrogens is 489 g/mol. The number of nitrogens with zero attached hydrogens (tertiary/aromatic N) is 2. The van der Waals surface area contributed by atoms with Crippen LogP contribution < -0.4 is 5.32 Å². The van der Waals surface area contributed by atoms with Crippen molar-refractivity contribution in [2.45, 2.75) is 65.0 Å². The van der Waals surface area contributed by atoms with E-state index in [0.717, 1.165) is 12.8 Å². The van der Waals surface area contributed by atoms with E-state index in [4.69, 9.17) is 23.2 Å². The zero-order chi connectivity index (χ0) is 25.5. The molecule has 0 saturated carbocycles. The second-order valence-electron chi connectivity index (χ2n) is 9.02. The van der Waals surface area contributed by atoms with E-state index < -0.39 is 6.04 Å². The lowest BCUT2D eigenvalue weighted by molar-refractivity contribution is -0.144. The first kappa shape index (κ1) is 27.2. The SMILES string of the molecule is CCCCNC(=O)[C@H](CC)N(Cc1c(Cl)cccc1Cl)C(=O)CCN1C(=O)[C@H]2CC=CC[C@H]2C1=O. The van der Waals surface area contributed by atoms with Gasteiger partial charge in [0.05, 0.1) is 11.8 Å². The maximum Gasteiger partial charge on any atom is 0.242 e. The summed E-state index contributed by atoms with van der Waals surface area (Å²) < 4.78 is 0. The Morgan fingerprint density at radius 1 is 1.09 bits per heavy atom. The molecule has 1 fully saturated rings. The highest BCUT2D eigenvalue weighted by atomic mass is 35.5. The fraction of sp³-hybridized carbons (Fsp3) is 0.538. The predicted octanol–water partition coefficient (Wildman–Crippen LogP) is 4.36. The molecule has 3 atom stereocenters. The van der Waals surface area contributed by atoms with Crippen LogP contribution in [0.15, 0.2) is 30.4 Å². The van der Waals surface area contributed by atoms with Crippen molar-refractivity contribution in [3.8, 4) is 0 Å². The third kappa shape index (κ3) is 6.25. The van der Waals surface area contributed by atoms with Gasteiger partial charge in [-0.25, -0.2) is 0 Å². The van der Waals surface area contributed by atoms with Gasteiger partial charge in [-0.2, -0.15) is 0 Å². The van der Waals surface area contributed by atoms with Gasteiger partial charge in [0.25, 0.3) is 0 Å². The van der Waals surface area contributed by atoms with Crippen LogP contribution in [-0.2, 0) is 25.7 Å². The highest BCUT2D eigenvalue weighted by Crippen LogP contribution is 2.35. The second kappa shape index (κ2) is 12.5. The van der Waals surface area contributed by atoms with Crippen molar-refractivity contribution in [2.24, 2.45) is 11.8 Å². The van der Waals surface area contributed by atoms with Gasteiger partial charge in [0.2, 0.25) is 23.6 Å². The molecule has 4 amide bonds. The summed E-state index contributed by atoms with van der Waals surface area (Å²) in [6.07, 6.45) is 7.04. The molecule has 0 unspecified atom stereocenters. The van der Waals surface area contributed by atoms with Crippen LogP contribution in [0.3, 0.4) is 0 Å². The Bertz CT molecular complexity index is 951. The summed E-state index contributed by atoms with van der Waals surface area (Å²) in [6.45, 7) is 4.43. The molecule has 3 rings (SSSR count). The number of nitrogens with one attached hydrogen (secondary N) is 1. The highest BCUT2D eigenvalue weighted by Gasteiger charge is 2.47. The molecule has 0 aromatic heterocycles. The topological polar surface area (TPSA) is 86.8 Å². The quantitative estimate of drug-likeness (QED) is 0.266. The predicted molar refractivity (Wildman–Crippen MR) is 136 cm³/mol. The number of fused-ring (bicyclic) bond motifs is 1. The zero-order valence-electron chi connectivity index (χ0n) is 20.3. The molecule has 1 aliphatic carbocycles. The largest absolute Gasteiger partial charge is 0.354 e. The molecule has 0 spiro atoms. The van der Waals surface area contributed by atoms with Crippen LogP contribution in [0, 0.1) is 11.8 Å². The molecule has 1 saturated heterocycles. The molecule has 1 aromatic carbocycles. The van der Waals surface area contributed by atoms with Crippen LogP contribution in [0.4, 0.5) is 0 Å². The number of rotatable bonds is 11. The van der Waals surface area contributed by atoms with Crippen molar-refractivity contribution in [3.63, 3.8) is 0 Å². The van der Waals surface area contributed by atoms with Crippen molar-refractivity contribution in [1.82, 2.24) is 15.1 Å². The van der Waals surface area contributed by atoms with E-state index in [1.807, 2.05) is 26.0 Å². The van der Waals surface area contributed by atoms with E-state index in [1.165, 1.54) is 9.80 Å². The molecule has 0 radical (unpaired) electrons. The van der Waals surface area contributed by atoms with Crippen molar-refractivity contribution >= 4 is 46.8 Å². The lowest BCUT2D eigenvalue weighted by atomic mass is 9.85. The fourth-order valence-corrected chi connectivity index (χ4v) is 5.24. The monoisotopic (exact) mass is 521 g/mol. The van der Waals surface area contributed by atoms with Crippen LogP contribution in [0.5, 0.6) is 0 Å². The van der Waals surface area contributed by atoms with Crippen LogP contribution in [0.2, 0.25) is 10.0 Å². The number of hydrogen-bond acceptors (Lipinski definition) is 4. The first-order valence-electron chi connectivity index (χ1n) is 12.3. The van der Waals surface area contributed by atoms with E-state index >= 15 is 0 Å². The third-order valence-electron chi connectivity index (χ3n) is 6.75. The van der Waals surface area contributed by atoms with Gasteiger partial charge in [0.1, 0.15) is 6.04 Å². The van der Waals surface area contributed by atoms with Crippen LogP contribution in [0.25, 0.3) is 0 Å². The minimum atomic E-state index is -0.733. The summed E-state index contributed by atoms with van der Waals surface area (Å²) in [5.74, 6) is -1.71. The van der Waals surface area contributed by atoms with E-state index in [-0.39, 0.29) is 55.0 Å². The number of allylic oxidation sites excluding steroid dienone is 2. The Hall–Kier alpha value is -2.38. The van der Waals surface area contributed by atoms with Crippen molar-refractivity contribution < 1.29 is 19.2 Å². The number of likely N-dealkylation sites (tertiary alicyclic amines) is 1. The average molecular weight is 522 g/mol. The Morgan fingerprint density at radius 3 is 2.23 bits per heavy atom. The average Bonchev–Trinajstić information content (AvgIpc) is 3.09. The number of unbranched alkanes of at least 4 members (excludes halogenated alkanes) is 1. The molecular formula is C26H33Cl2N3O4. The second-order valence-corrected chi connectivity index (χ2v) is 9.84. The fourth-order valence-electron chi connectivity index (χ4n) is 4.72. The molecule has 1 aliphatic heterocycles. The first-order valence-corrected chi connectivity index (χ1v) is 13.1. The maximum atomic E-state index is 13.5. The Labute approximate surface area is 216 Å². The standard InChI is InChI=1S/C26H33Cl2N3O4/c1-3-5-14-29-24(33)22(4-2)31(16-19-20(27)11-8-12-21(19)28)23(32)13-15-30-25(34)17-9-6-7-10-18(17)26(30)35/h6-8,11-12,17-18,22H,3-5,9-10,13-16H2,1-2H3,(H,29,33)/t17-,18+,22-/m0/s1. The number of benzene rings is 1. The van der Waals surface area contributed by atoms with E-state index in [1.54, 1.807) is 18.2 Å². The number of carbonyl (C=O) groups excluding carboxylic acids is 4. The molecule has 190 valence electrons. The van der Waals surface area contributed by atoms with E-state index in [2.05, 4.69) is 5.32 Å². The number of halogens is 2. The Kier molecular flexibility index (Phi) is 9.75. The third-order valence-corrected chi connectivity index (χ3v) is 7.46. The number of amides is 4. The van der Waals surface area contributed by atoms with E-state index in [0.29, 0.717) is 41.4 Å². The molecule has 0 bridgehead atoms. The van der Waals surface area contributed by atoms with Gasteiger partial charge in [0.15, 0.2) is 0 Å². The van der Waals surface area contributed by atoms with Crippen LogP contribution >= 0.6 is 23.2 Å². The molecule has 1 aromatic rings. The minimum absolute atomic E-state index is 0.00978. The summed E-state index contributed by atoms with van der Waals surface area (Å²) in [5, 5.41) is 3.71. The summed E-state index contributed by atoms with van der Waals surface area (Å²) in [4.78, 5) is 54.8. The van der Waals surface area contributed by atoms with Crippen molar-refractivity contribution in [2.75, 3.05) is 13.1 Å². The summed E-state index contributed by atoms with van der Waals surface area (Å²) >= 11 is 12.7. The summed E-state index contributed by atoms with van der Waals surface area (Å²) in [6, 6.07) is 4.35. The lowest BCUT2D eigenvalue weighted by Gasteiger charge is -2.31. The van der Waals surface area contributed by atoms with Gasteiger partial charge in [-0.05, 0) is 37.8 Å². The summed E-state index contributed by atoms with van der Waals surface area (Å²) in [7, 11) is 0. The molecule has 35 heavy (non-hydrogen) atoms. The first-order chi connectivity index (χ1) is 16.8.